The summed E-state index contributed by atoms with van der Waals surface area (Å²) in [5, 5.41) is 17.5. The van der Waals surface area contributed by atoms with Crippen LogP contribution in [0.4, 0.5) is 0 Å². The van der Waals surface area contributed by atoms with E-state index < -0.39 is 11.9 Å². The number of nitrogens with zero attached hydrogens (tertiary/aromatic N) is 2. The smallest absolute Gasteiger partial charge is 0.307 e. The molecule has 5 heteroatoms. The molecule has 0 bridgehead atoms. The molecule has 0 aromatic heterocycles. The van der Waals surface area contributed by atoms with Crippen LogP contribution in [0.15, 0.2) is 0 Å². The van der Waals surface area contributed by atoms with Crippen LogP contribution in [0.1, 0.15) is 33.1 Å². The van der Waals surface area contributed by atoms with Gasteiger partial charge in [-0.1, -0.05) is 20.3 Å². The number of hydrogen-bond donors (Lipinski definition) is 1. The zero-order chi connectivity index (χ0) is 13.8. The van der Waals surface area contributed by atoms with Crippen LogP contribution in [0.5, 0.6) is 0 Å². The van der Waals surface area contributed by atoms with Crippen LogP contribution in [-0.2, 0) is 9.53 Å². The summed E-state index contributed by atoms with van der Waals surface area (Å²) in [6, 6.07) is 2.07. The van der Waals surface area contributed by atoms with Crippen molar-refractivity contribution >= 4 is 5.97 Å². The lowest BCUT2D eigenvalue weighted by molar-refractivity contribution is -0.141. The number of rotatable bonds is 11. The van der Waals surface area contributed by atoms with Gasteiger partial charge in [0.2, 0.25) is 0 Å². The summed E-state index contributed by atoms with van der Waals surface area (Å²) in [6.07, 6.45) is 3.02. The van der Waals surface area contributed by atoms with Crippen molar-refractivity contribution in [2.24, 2.45) is 5.92 Å². The van der Waals surface area contributed by atoms with E-state index in [1.54, 1.807) is 6.92 Å². The van der Waals surface area contributed by atoms with Crippen LogP contribution >= 0.6 is 0 Å². The van der Waals surface area contributed by atoms with E-state index in [9.17, 15) is 4.79 Å². The minimum atomic E-state index is -0.822. The second kappa shape index (κ2) is 11.0. The minimum Gasteiger partial charge on any atom is -0.481 e. The standard InChI is InChI=1S/C13H24N2O3/c1-3-4-9-18-10-5-7-15(8-6-14)11-12(2)13(16)17/h12H,3-5,7-11H2,1-2H3,(H,16,17). The van der Waals surface area contributed by atoms with Crippen molar-refractivity contribution in [3.05, 3.63) is 0 Å². The van der Waals surface area contributed by atoms with Gasteiger partial charge < -0.3 is 9.84 Å². The average Bonchev–Trinajstić information content (AvgIpc) is 2.33. The molecule has 0 aromatic carbocycles. The summed E-state index contributed by atoms with van der Waals surface area (Å²) in [4.78, 5) is 12.6. The Morgan fingerprint density at radius 3 is 2.67 bits per heavy atom. The Balaban J connectivity index is 3.77. The third-order valence-electron chi connectivity index (χ3n) is 2.65. The summed E-state index contributed by atoms with van der Waals surface area (Å²) in [7, 11) is 0. The van der Waals surface area contributed by atoms with E-state index in [2.05, 4.69) is 13.0 Å². The Kier molecular flexibility index (Phi) is 10.3. The molecule has 0 heterocycles. The maximum atomic E-state index is 10.8. The average molecular weight is 256 g/mol. The Labute approximate surface area is 109 Å². The number of carbonyl (C=O) groups is 1. The molecule has 1 unspecified atom stereocenters. The quantitative estimate of drug-likeness (QED) is 0.450. The van der Waals surface area contributed by atoms with Gasteiger partial charge in [-0.15, -0.1) is 0 Å². The lowest BCUT2D eigenvalue weighted by Gasteiger charge is -2.21. The SMILES string of the molecule is CCCCOCCCN(CC#N)CC(C)C(=O)O. The van der Waals surface area contributed by atoms with Gasteiger partial charge >= 0.3 is 5.97 Å². The lowest BCUT2D eigenvalue weighted by atomic mass is 10.1. The number of carboxylic acids is 1. The fourth-order valence-corrected chi connectivity index (χ4v) is 1.54. The van der Waals surface area contributed by atoms with Crippen LogP contribution in [0, 0.1) is 17.2 Å². The number of unbranched alkanes of at least 4 members (excludes halogenated alkanes) is 1. The van der Waals surface area contributed by atoms with Crippen LogP contribution in [-0.4, -0.2) is 48.8 Å². The molecule has 0 radical (unpaired) electrons. The van der Waals surface area contributed by atoms with E-state index in [-0.39, 0.29) is 6.54 Å². The molecule has 0 aromatic rings. The van der Waals surface area contributed by atoms with Crippen molar-refractivity contribution < 1.29 is 14.6 Å². The number of nitriles is 1. The van der Waals surface area contributed by atoms with E-state index in [0.717, 1.165) is 25.9 Å². The fraction of sp³-hybridized carbons (Fsp3) is 0.846. The number of aliphatic carboxylic acids is 1. The van der Waals surface area contributed by atoms with E-state index in [1.807, 2.05) is 4.90 Å². The van der Waals surface area contributed by atoms with Crippen molar-refractivity contribution in [1.82, 2.24) is 4.90 Å². The summed E-state index contributed by atoms with van der Waals surface area (Å²) >= 11 is 0. The first kappa shape index (κ1) is 16.9. The summed E-state index contributed by atoms with van der Waals surface area (Å²) in [5.41, 5.74) is 0. The van der Waals surface area contributed by atoms with Crippen molar-refractivity contribution in [3.8, 4) is 6.07 Å². The van der Waals surface area contributed by atoms with E-state index in [4.69, 9.17) is 15.1 Å². The van der Waals surface area contributed by atoms with Gasteiger partial charge in [0.15, 0.2) is 0 Å². The maximum absolute atomic E-state index is 10.8. The summed E-state index contributed by atoms with van der Waals surface area (Å²) < 4.78 is 5.43. The molecule has 0 saturated heterocycles. The van der Waals surface area contributed by atoms with Gasteiger partial charge in [0.25, 0.3) is 0 Å². The fourth-order valence-electron chi connectivity index (χ4n) is 1.54. The molecule has 18 heavy (non-hydrogen) atoms. The first-order chi connectivity index (χ1) is 8.61. The maximum Gasteiger partial charge on any atom is 0.307 e. The number of ether oxygens (including phenoxy) is 1. The molecule has 0 amide bonds. The normalized spacial score (nSPS) is 12.3. The first-order valence-electron chi connectivity index (χ1n) is 6.51. The predicted octanol–water partition coefficient (Wildman–Crippen LogP) is 1.74. The van der Waals surface area contributed by atoms with Crippen molar-refractivity contribution in [1.29, 1.82) is 5.26 Å². The number of hydrogen-bond acceptors (Lipinski definition) is 4. The Hall–Kier alpha value is -1.12. The van der Waals surface area contributed by atoms with Gasteiger partial charge in [0.1, 0.15) is 0 Å². The van der Waals surface area contributed by atoms with Crippen LogP contribution < -0.4 is 0 Å². The molecule has 5 nitrogen and oxygen atoms in total. The van der Waals surface area contributed by atoms with Gasteiger partial charge in [0, 0.05) is 26.3 Å². The molecule has 0 aliphatic rings. The molecule has 104 valence electrons. The molecule has 0 saturated carbocycles. The van der Waals surface area contributed by atoms with Crippen molar-refractivity contribution in [2.45, 2.75) is 33.1 Å². The molecule has 1 atom stereocenters. The highest BCUT2D eigenvalue weighted by molar-refractivity contribution is 5.69. The van der Waals surface area contributed by atoms with E-state index >= 15 is 0 Å². The van der Waals surface area contributed by atoms with Crippen LogP contribution in [0.25, 0.3) is 0 Å². The van der Waals surface area contributed by atoms with Gasteiger partial charge in [0.05, 0.1) is 18.5 Å². The molecule has 0 aliphatic heterocycles. The molecular formula is C13H24N2O3. The third kappa shape index (κ3) is 8.97. The molecule has 1 N–H and O–H groups in total. The third-order valence-corrected chi connectivity index (χ3v) is 2.65. The highest BCUT2D eigenvalue weighted by Crippen LogP contribution is 2.01. The minimum absolute atomic E-state index is 0.270. The Morgan fingerprint density at radius 2 is 2.11 bits per heavy atom. The monoisotopic (exact) mass is 256 g/mol. The van der Waals surface area contributed by atoms with Crippen molar-refractivity contribution in [3.63, 3.8) is 0 Å². The number of carboxylic acid groups (broad SMARTS) is 1. The molecule has 0 spiro atoms. The van der Waals surface area contributed by atoms with Crippen molar-refractivity contribution in [2.75, 3.05) is 32.8 Å². The molecule has 0 rings (SSSR count). The van der Waals surface area contributed by atoms with E-state index in [1.165, 1.54) is 0 Å². The summed E-state index contributed by atoms with van der Waals surface area (Å²) in [5.74, 6) is -1.27. The molecule has 0 aliphatic carbocycles. The highest BCUT2D eigenvalue weighted by atomic mass is 16.5. The Morgan fingerprint density at radius 1 is 1.44 bits per heavy atom. The topological polar surface area (TPSA) is 73.6 Å². The van der Waals surface area contributed by atoms with Gasteiger partial charge in [-0.05, 0) is 12.8 Å². The lowest BCUT2D eigenvalue weighted by Crippen LogP contribution is -2.33. The largest absolute Gasteiger partial charge is 0.481 e. The van der Waals surface area contributed by atoms with Crippen LogP contribution in [0.2, 0.25) is 0 Å². The van der Waals surface area contributed by atoms with Crippen LogP contribution in [0.3, 0.4) is 0 Å². The first-order valence-corrected chi connectivity index (χ1v) is 6.51. The van der Waals surface area contributed by atoms with Gasteiger partial charge in [-0.2, -0.15) is 5.26 Å². The molecule has 0 fully saturated rings. The van der Waals surface area contributed by atoms with Gasteiger partial charge in [-0.3, -0.25) is 9.69 Å². The zero-order valence-electron chi connectivity index (χ0n) is 11.4. The summed E-state index contributed by atoms with van der Waals surface area (Å²) in [6.45, 7) is 6.61. The van der Waals surface area contributed by atoms with E-state index in [0.29, 0.717) is 19.7 Å². The highest BCUT2D eigenvalue weighted by Gasteiger charge is 2.15. The zero-order valence-corrected chi connectivity index (χ0v) is 11.4. The second-order valence-corrected chi connectivity index (χ2v) is 4.45. The predicted molar refractivity (Wildman–Crippen MR) is 69.2 cm³/mol. The van der Waals surface area contributed by atoms with Gasteiger partial charge in [-0.25, -0.2) is 0 Å². The Bertz CT molecular complexity index is 263. The molecular weight excluding hydrogens is 232 g/mol. The second-order valence-electron chi connectivity index (χ2n) is 4.45.